The highest BCUT2D eigenvalue weighted by Crippen LogP contribution is 2.27. The Bertz CT molecular complexity index is 968. The molecule has 2 aromatic heterocycles. The molecule has 0 spiro atoms. The van der Waals surface area contributed by atoms with Crippen molar-refractivity contribution in [1.82, 2.24) is 19.7 Å². The van der Waals surface area contributed by atoms with Crippen molar-refractivity contribution in [1.29, 1.82) is 0 Å². The van der Waals surface area contributed by atoms with Crippen molar-refractivity contribution < 1.29 is 9.50 Å². The van der Waals surface area contributed by atoms with Crippen LogP contribution in [0.3, 0.4) is 0 Å². The predicted octanol–water partition coefficient (Wildman–Crippen LogP) is 3.20. The second kappa shape index (κ2) is 5.98. The minimum absolute atomic E-state index is 0.0157. The summed E-state index contributed by atoms with van der Waals surface area (Å²) in [4.78, 5) is 18.1. The van der Waals surface area contributed by atoms with Crippen LogP contribution in [0.5, 0.6) is 6.01 Å². The predicted molar refractivity (Wildman–Crippen MR) is 93.6 cm³/mol. The lowest BCUT2D eigenvalue weighted by molar-refractivity contribution is 0.429. The van der Waals surface area contributed by atoms with Gasteiger partial charge in [-0.15, -0.1) is 0 Å². The van der Waals surface area contributed by atoms with Gasteiger partial charge in [0.2, 0.25) is 0 Å². The number of halogens is 1. The van der Waals surface area contributed by atoms with Crippen LogP contribution in [-0.2, 0) is 12.1 Å². The van der Waals surface area contributed by atoms with Gasteiger partial charge in [-0.25, -0.2) is 9.07 Å². The van der Waals surface area contributed by atoms with Crippen LogP contribution >= 0.6 is 0 Å². The highest BCUT2D eigenvalue weighted by Gasteiger charge is 2.21. The molecule has 0 bridgehead atoms. The number of aromatic amines is 1. The number of fused-ring (bicyclic) bond motifs is 1. The van der Waals surface area contributed by atoms with Crippen LogP contribution in [0.1, 0.15) is 50.6 Å². The zero-order valence-corrected chi connectivity index (χ0v) is 14.7. The van der Waals surface area contributed by atoms with E-state index in [1.54, 1.807) is 0 Å². The number of aromatic nitrogens is 4. The van der Waals surface area contributed by atoms with Crippen molar-refractivity contribution in [2.45, 2.75) is 45.8 Å². The molecule has 0 fully saturated rings. The Morgan fingerprint density at radius 1 is 1.28 bits per heavy atom. The molecule has 0 saturated heterocycles. The maximum absolute atomic E-state index is 13.3. The van der Waals surface area contributed by atoms with Crippen LogP contribution in [0.15, 0.2) is 29.1 Å². The van der Waals surface area contributed by atoms with E-state index >= 15 is 0 Å². The van der Waals surface area contributed by atoms with Crippen molar-refractivity contribution in [3.05, 3.63) is 51.4 Å². The van der Waals surface area contributed by atoms with Crippen molar-refractivity contribution in [2.75, 3.05) is 0 Å². The zero-order valence-electron chi connectivity index (χ0n) is 14.7. The molecule has 0 aliphatic rings. The highest BCUT2D eigenvalue weighted by molar-refractivity contribution is 5.77. The SMILES string of the molecule is C[C@@H](c1ccc(C(C)(C)C)cc1)n1nc(CF)c2c(=O)[nH]c(O)nc21. The fourth-order valence-corrected chi connectivity index (χ4v) is 2.87. The van der Waals surface area contributed by atoms with Crippen molar-refractivity contribution >= 4 is 11.0 Å². The molecule has 3 aromatic rings. The summed E-state index contributed by atoms with van der Waals surface area (Å²) in [5, 5.41) is 13.9. The molecule has 0 aliphatic heterocycles. The fraction of sp³-hybridized carbons (Fsp3) is 0.389. The molecular formula is C18H21FN4O2. The number of hydrogen-bond acceptors (Lipinski definition) is 4. The van der Waals surface area contributed by atoms with Crippen LogP contribution in [0.4, 0.5) is 4.39 Å². The van der Waals surface area contributed by atoms with E-state index in [-0.39, 0.29) is 28.2 Å². The molecule has 0 amide bonds. The lowest BCUT2D eigenvalue weighted by Gasteiger charge is -2.20. The summed E-state index contributed by atoms with van der Waals surface area (Å²) in [7, 11) is 0. The molecule has 25 heavy (non-hydrogen) atoms. The third kappa shape index (κ3) is 3.01. The molecule has 0 unspecified atom stereocenters. The molecule has 1 aromatic carbocycles. The van der Waals surface area contributed by atoms with Crippen LogP contribution < -0.4 is 5.56 Å². The molecule has 132 valence electrons. The lowest BCUT2D eigenvalue weighted by Crippen LogP contribution is -2.13. The molecule has 1 atom stereocenters. The van der Waals surface area contributed by atoms with Gasteiger partial charge in [-0.3, -0.25) is 9.78 Å². The Morgan fingerprint density at radius 3 is 2.48 bits per heavy atom. The normalized spacial score (nSPS) is 13.3. The van der Waals surface area contributed by atoms with E-state index in [4.69, 9.17) is 0 Å². The molecule has 3 rings (SSSR count). The van der Waals surface area contributed by atoms with Gasteiger partial charge in [0.25, 0.3) is 11.6 Å². The number of benzene rings is 1. The summed E-state index contributed by atoms with van der Waals surface area (Å²) in [6, 6.07) is 7.28. The summed E-state index contributed by atoms with van der Waals surface area (Å²) < 4.78 is 14.8. The number of alkyl halides is 1. The van der Waals surface area contributed by atoms with Gasteiger partial charge >= 0.3 is 0 Å². The van der Waals surface area contributed by atoms with E-state index in [1.807, 2.05) is 31.2 Å². The van der Waals surface area contributed by atoms with Gasteiger partial charge in [0.05, 0.1) is 6.04 Å². The second-order valence-electron chi connectivity index (χ2n) is 7.16. The smallest absolute Gasteiger partial charge is 0.295 e. The maximum atomic E-state index is 13.3. The Kier molecular flexibility index (Phi) is 4.10. The van der Waals surface area contributed by atoms with Gasteiger partial charge in [-0.1, -0.05) is 45.0 Å². The van der Waals surface area contributed by atoms with E-state index in [9.17, 15) is 14.3 Å². The van der Waals surface area contributed by atoms with Crippen LogP contribution in [0.2, 0.25) is 0 Å². The Morgan fingerprint density at radius 2 is 1.92 bits per heavy atom. The van der Waals surface area contributed by atoms with Crippen molar-refractivity contribution in [3.63, 3.8) is 0 Å². The average molecular weight is 344 g/mol. The standard InChI is InChI=1S/C18H21FN4O2/c1-10(11-5-7-12(8-6-11)18(2,3)4)23-15-14(13(9-19)22-23)16(24)21-17(25)20-15/h5-8,10H,9H2,1-4H3,(H2,20,21,24,25)/t10-/m0/s1. The number of aromatic hydroxyl groups is 1. The van der Waals surface area contributed by atoms with E-state index in [1.165, 1.54) is 10.2 Å². The van der Waals surface area contributed by atoms with Gasteiger partial charge in [0, 0.05) is 0 Å². The molecule has 0 aliphatic carbocycles. The summed E-state index contributed by atoms with van der Waals surface area (Å²) in [5.74, 6) is 0. The van der Waals surface area contributed by atoms with Gasteiger partial charge in [-0.2, -0.15) is 10.1 Å². The Balaban J connectivity index is 2.11. The van der Waals surface area contributed by atoms with E-state index in [0.29, 0.717) is 0 Å². The average Bonchev–Trinajstić information content (AvgIpc) is 2.92. The lowest BCUT2D eigenvalue weighted by atomic mass is 9.86. The Hall–Kier alpha value is -2.70. The van der Waals surface area contributed by atoms with Crippen molar-refractivity contribution in [3.8, 4) is 6.01 Å². The second-order valence-corrected chi connectivity index (χ2v) is 7.16. The summed E-state index contributed by atoms with van der Waals surface area (Å²) in [6.45, 7) is 7.42. The quantitative estimate of drug-likeness (QED) is 0.764. The first-order valence-corrected chi connectivity index (χ1v) is 8.09. The van der Waals surface area contributed by atoms with Crippen molar-refractivity contribution in [2.24, 2.45) is 0 Å². The van der Waals surface area contributed by atoms with Gasteiger partial charge in [-0.05, 0) is 23.5 Å². The van der Waals surface area contributed by atoms with E-state index in [0.717, 1.165) is 5.56 Å². The molecule has 2 heterocycles. The zero-order chi connectivity index (χ0) is 18.4. The first kappa shape index (κ1) is 17.1. The van der Waals surface area contributed by atoms with Crippen LogP contribution in [-0.4, -0.2) is 24.9 Å². The van der Waals surface area contributed by atoms with E-state index in [2.05, 4.69) is 35.8 Å². The molecular weight excluding hydrogens is 323 g/mol. The summed E-state index contributed by atoms with van der Waals surface area (Å²) >= 11 is 0. The van der Waals surface area contributed by atoms with Gasteiger partial charge in [0.15, 0.2) is 5.65 Å². The van der Waals surface area contributed by atoms with E-state index < -0.39 is 18.2 Å². The summed E-state index contributed by atoms with van der Waals surface area (Å²) in [5.41, 5.74) is 1.78. The Labute approximate surface area is 144 Å². The van der Waals surface area contributed by atoms with Gasteiger partial charge in [0.1, 0.15) is 17.8 Å². The number of nitrogens with one attached hydrogen (secondary N) is 1. The molecule has 0 saturated carbocycles. The first-order valence-electron chi connectivity index (χ1n) is 8.09. The van der Waals surface area contributed by atoms with Crippen LogP contribution in [0.25, 0.3) is 11.0 Å². The third-order valence-corrected chi connectivity index (χ3v) is 4.37. The first-order chi connectivity index (χ1) is 11.7. The molecule has 7 heteroatoms. The fourth-order valence-electron chi connectivity index (χ4n) is 2.87. The van der Waals surface area contributed by atoms with Crippen LogP contribution in [0, 0.1) is 0 Å². The topological polar surface area (TPSA) is 83.8 Å². The highest BCUT2D eigenvalue weighted by atomic mass is 19.1. The summed E-state index contributed by atoms with van der Waals surface area (Å²) in [6.07, 6.45) is 0. The number of hydrogen-bond donors (Lipinski definition) is 2. The maximum Gasteiger partial charge on any atom is 0.295 e. The molecule has 2 N–H and O–H groups in total. The minimum Gasteiger partial charge on any atom is -0.480 e. The molecule has 6 nitrogen and oxygen atoms in total. The minimum atomic E-state index is -0.880. The monoisotopic (exact) mass is 344 g/mol. The number of H-pyrrole nitrogens is 1. The third-order valence-electron chi connectivity index (χ3n) is 4.37. The van der Waals surface area contributed by atoms with Gasteiger partial charge < -0.3 is 5.11 Å². The molecule has 0 radical (unpaired) electrons. The largest absolute Gasteiger partial charge is 0.480 e. The number of rotatable bonds is 3. The number of nitrogens with zero attached hydrogens (tertiary/aromatic N) is 3.